The lowest BCUT2D eigenvalue weighted by Crippen LogP contribution is -2.34. The highest BCUT2D eigenvalue weighted by Crippen LogP contribution is 2.35. The lowest BCUT2D eigenvalue weighted by molar-refractivity contribution is 0.199. The van der Waals surface area contributed by atoms with Crippen LogP contribution in [0.1, 0.15) is 24.8 Å². The number of hydrogen-bond donors (Lipinski definition) is 1. The van der Waals surface area contributed by atoms with Crippen molar-refractivity contribution < 1.29 is 13.6 Å². The molecule has 1 aliphatic heterocycles. The van der Waals surface area contributed by atoms with Gasteiger partial charge in [0.15, 0.2) is 5.58 Å². The van der Waals surface area contributed by atoms with Crippen LogP contribution in [0.2, 0.25) is 0 Å². The van der Waals surface area contributed by atoms with Gasteiger partial charge in [-0.1, -0.05) is 30.3 Å². The standard InChI is InChI=1S/C24H19BrFN3O2/c25-18-4-1-2-5-19(18)28-24(30)29-13-3-6-21(29)23-27-20-14-16(9-12-22(20)31-23)15-7-10-17(26)11-8-15/h1-2,4-5,7-12,14,21H,3,6,13H2,(H,28,30). The fourth-order valence-corrected chi connectivity index (χ4v) is 4.31. The maximum absolute atomic E-state index is 13.2. The van der Waals surface area contributed by atoms with E-state index in [1.165, 1.54) is 12.1 Å². The smallest absolute Gasteiger partial charge is 0.322 e. The van der Waals surface area contributed by atoms with Gasteiger partial charge in [-0.05, 0) is 76.3 Å². The maximum Gasteiger partial charge on any atom is 0.322 e. The molecule has 2 amide bonds. The summed E-state index contributed by atoms with van der Waals surface area (Å²) in [5.41, 5.74) is 3.94. The molecule has 0 aliphatic carbocycles. The van der Waals surface area contributed by atoms with E-state index in [0.717, 1.165) is 39.6 Å². The second-order valence-electron chi connectivity index (χ2n) is 7.50. The molecule has 1 aromatic heterocycles. The number of likely N-dealkylation sites (tertiary alicyclic amines) is 1. The molecule has 31 heavy (non-hydrogen) atoms. The van der Waals surface area contributed by atoms with E-state index in [1.54, 1.807) is 17.0 Å². The zero-order chi connectivity index (χ0) is 21.4. The highest BCUT2D eigenvalue weighted by Gasteiger charge is 2.33. The molecule has 2 heterocycles. The third-order valence-electron chi connectivity index (χ3n) is 5.50. The van der Waals surface area contributed by atoms with Crippen molar-refractivity contribution >= 4 is 38.7 Å². The first-order chi connectivity index (χ1) is 15.1. The summed E-state index contributed by atoms with van der Waals surface area (Å²) in [4.78, 5) is 19.4. The molecule has 1 N–H and O–H groups in total. The lowest BCUT2D eigenvalue weighted by Gasteiger charge is -2.23. The number of anilines is 1. The molecule has 5 rings (SSSR count). The van der Waals surface area contributed by atoms with Gasteiger partial charge in [0.05, 0.1) is 5.69 Å². The van der Waals surface area contributed by atoms with Gasteiger partial charge in [-0.15, -0.1) is 0 Å². The van der Waals surface area contributed by atoms with E-state index in [1.807, 2.05) is 42.5 Å². The minimum Gasteiger partial charge on any atom is -0.438 e. The Morgan fingerprint density at radius 2 is 1.87 bits per heavy atom. The number of nitrogens with one attached hydrogen (secondary N) is 1. The number of urea groups is 1. The van der Waals surface area contributed by atoms with Crippen molar-refractivity contribution in [3.8, 4) is 11.1 Å². The predicted octanol–water partition coefficient (Wildman–Crippen LogP) is 6.77. The van der Waals surface area contributed by atoms with Gasteiger partial charge in [-0.3, -0.25) is 0 Å². The number of benzene rings is 3. The molecule has 4 aromatic rings. The van der Waals surface area contributed by atoms with E-state index in [4.69, 9.17) is 4.42 Å². The fourth-order valence-electron chi connectivity index (χ4n) is 3.93. The minimum absolute atomic E-state index is 0.177. The molecule has 1 unspecified atom stereocenters. The van der Waals surface area contributed by atoms with Gasteiger partial charge in [0.25, 0.3) is 0 Å². The average Bonchev–Trinajstić information content (AvgIpc) is 3.42. The van der Waals surface area contributed by atoms with Crippen LogP contribution >= 0.6 is 15.9 Å². The molecule has 156 valence electrons. The average molecular weight is 480 g/mol. The number of amides is 2. The summed E-state index contributed by atoms with van der Waals surface area (Å²) < 4.78 is 20.1. The Morgan fingerprint density at radius 3 is 2.68 bits per heavy atom. The van der Waals surface area contributed by atoms with E-state index in [9.17, 15) is 9.18 Å². The number of oxazole rings is 1. The topological polar surface area (TPSA) is 58.4 Å². The summed E-state index contributed by atoms with van der Waals surface area (Å²) in [7, 11) is 0. The molecule has 1 fully saturated rings. The third-order valence-corrected chi connectivity index (χ3v) is 6.19. The first-order valence-electron chi connectivity index (χ1n) is 10.1. The van der Waals surface area contributed by atoms with Crippen LogP contribution in [0.3, 0.4) is 0 Å². The largest absolute Gasteiger partial charge is 0.438 e. The van der Waals surface area contributed by atoms with Crippen LogP contribution in [0.15, 0.2) is 75.6 Å². The second-order valence-corrected chi connectivity index (χ2v) is 8.36. The van der Waals surface area contributed by atoms with E-state index < -0.39 is 0 Å². The third kappa shape index (κ3) is 3.93. The molecule has 0 radical (unpaired) electrons. The predicted molar refractivity (Wildman–Crippen MR) is 121 cm³/mol. The number of halogens is 2. The van der Waals surface area contributed by atoms with Gasteiger partial charge in [-0.2, -0.15) is 0 Å². The minimum atomic E-state index is -0.268. The van der Waals surface area contributed by atoms with Crippen molar-refractivity contribution in [3.05, 3.63) is 82.9 Å². The molecule has 1 aliphatic rings. The van der Waals surface area contributed by atoms with E-state index >= 15 is 0 Å². The summed E-state index contributed by atoms with van der Waals surface area (Å²) in [6.07, 6.45) is 1.68. The molecule has 1 atom stereocenters. The molecular formula is C24H19BrFN3O2. The summed E-state index contributed by atoms with van der Waals surface area (Å²) in [6, 6.07) is 19.2. The van der Waals surface area contributed by atoms with Crippen molar-refractivity contribution in [2.75, 3.05) is 11.9 Å². The highest BCUT2D eigenvalue weighted by atomic mass is 79.9. The van der Waals surface area contributed by atoms with Crippen LogP contribution in [0.4, 0.5) is 14.9 Å². The number of rotatable bonds is 3. The van der Waals surface area contributed by atoms with Gasteiger partial charge in [0.1, 0.15) is 17.4 Å². The Bertz CT molecular complexity index is 1260. The number of para-hydroxylation sites is 1. The highest BCUT2D eigenvalue weighted by molar-refractivity contribution is 9.10. The van der Waals surface area contributed by atoms with Gasteiger partial charge < -0.3 is 14.6 Å². The summed E-state index contributed by atoms with van der Waals surface area (Å²) in [5, 5.41) is 2.96. The van der Waals surface area contributed by atoms with E-state index in [0.29, 0.717) is 18.0 Å². The van der Waals surface area contributed by atoms with Gasteiger partial charge in [0, 0.05) is 11.0 Å². The van der Waals surface area contributed by atoms with Crippen molar-refractivity contribution in [2.24, 2.45) is 0 Å². The molecule has 0 spiro atoms. The SMILES string of the molecule is O=C(Nc1ccccc1Br)N1CCCC1c1nc2cc(-c3ccc(F)cc3)ccc2o1. The first kappa shape index (κ1) is 19.8. The van der Waals surface area contributed by atoms with Crippen molar-refractivity contribution in [1.29, 1.82) is 0 Å². The Kier molecular flexibility index (Phi) is 5.19. The Labute approximate surface area is 187 Å². The lowest BCUT2D eigenvalue weighted by atomic mass is 10.1. The first-order valence-corrected chi connectivity index (χ1v) is 10.9. The monoisotopic (exact) mass is 479 g/mol. The normalized spacial score (nSPS) is 16.1. The molecule has 7 heteroatoms. The molecule has 1 saturated heterocycles. The molecule has 0 saturated carbocycles. The van der Waals surface area contributed by atoms with Gasteiger partial charge >= 0.3 is 6.03 Å². The number of aromatic nitrogens is 1. The zero-order valence-electron chi connectivity index (χ0n) is 16.5. The van der Waals surface area contributed by atoms with Crippen LogP contribution in [0, 0.1) is 5.82 Å². The van der Waals surface area contributed by atoms with E-state index in [2.05, 4.69) is 26.2 Å². The maximum atomic E-state index is 13.2. The molecule has 5 nitrogen and oxygen atoms in total. The zero-order valence-corrected chi connectivity index (χ0v) is 18.1. The fraction of sp³-hybridized carbons (Fsp3) is 0.167. The van der Waals surface area contributed by atoms with Crippen molar-refractivity contribution in [1.82, 2.24) is 9.88 Å². The van der Waals surface area contributed by atoms with Crippen LogP contribution in [-0.2, 0) is 0 Å². The quantitative estimate of drug-likeness (QED) is 0.352. The number of fused-ring (bicyclic) bond motifs is 1. The molecule has 0 bridgehead atoms. The van der Waals surface area contributed by atoms with Crippen LogP contribution in [-0.4, -0.2) is 22.5 Å². The van der Waals surface area contributed by atoms with E-state index in [-0.39, 0.29) is 17.9 Å². The number of nitrogens with zero attached hydrogens (tertiary/aromatic N) is 2. The number of carbonyl (C=O) groups excluding carboxylic acids is 1. The second kappa shape index (κ2) is 8.15. The Hall–Kier alpha value is -3.19. The van der Waals surface area contributed by atoms with Gasteiger partial charge in [0.2, 0.25) is 5.89 Å². The summed E-state index contributed by atoms with van der Waals surface area (Å²) in [5.74, 6) is 0.265. The molecular weight excluding hydrogens is 461 g/mol. The van der Waals surface area contributed by atoms with Crippen LogP contribution in [0.5, 0.6) is 0 Å². The summed E-state index contributed by atoms with van der Waals surface area (Å²) >= 11 is 3.46. The van der Waals surface area contributed by atoms with Crippen molar-refractivity contribution in [2.45, 2.75) is 18.9 Å². The Morgan fingerprint density at radius 1 is 1.10 bits per heavy atom. The number of hydrogen-bond acceptors (Lipinski definition) is 3. The van der Waals surface area contributed by atoms with Gasteiger partial charge in [-0.25, -0.2) is 14.2 Å². The number of carbonyl (C=O) groups is 1. The van der Waals surface area contributed by atoms with Crippen LogP contribution in [0.25, 0.3) is 22.2 Å². The Balaban J connectivity index is 1.40. The van der Waals surface area contributed by atoms with Crippen molar-refractivity contribution in [3.63, 3.8) is 0 Å². The molecule has 3 aromatic carbocycles. The van der Waals surface area contributed by atoms with Crippen LogP contribution < -0.4 is 5.32 Å². The summed E-state index contributed by atoms with van der Waals surface area (Å²) in [6.45, 7) is 0.639.